The number of carbonyl (C=O) groups excluding carboxylic acids is 2. The zero-order valence-corrected chi connectivity index (χ0v) is 29.2. The number of fused-ring (bicyclic) bond motifs is 2. The minimum absolute atomic E-state index is 0.00961. The first-order valence-electron chi connectivity index (χ1n) is 14.3. The molecule has 268 valence electrons. The number of benzene rings is 4. The van der Waals surface area contributed by atoms with Gasteiger partial charge in [0.15, 0.2) is 11.6 Å². The molecule has 4 aromatic carbocycles. The molecule has 0 saturated heterocycles. The predicted octanol–water partition coefficient (Wildman–Crippen LogP) is 3.58. The van der Waals surface area contributed by atoms with E-state index in [1.54, 1.807) is 0 Å². The van der Waals surface area contributed by atoms with Crippen LogP contribution in [0.4, 0.5) is 34.4 Å². The van der Waals surface area contributed by atoms with Crippen molar-refractivity contribution in [1.29, 1.82) is 0 Å². The number of aryl methyl sites for hydroxylation is 1. The maximum absolute atomic E-state index is 13.7. The van der Waals surface area contributed by atoms with Crippen LogP contribution in [0.2, 0.25) is 5.28 Å². The number of hydrogen-bond donors (Lipinski definition) is 7. The smallest absolute Gasteiger partial charge is 0.296 e. The van der Waals surface area contributed by atoms with Crippen LogP contribution in [0.15, 0.2) is 86.4 Å². The second kappa shape index (κ2) is 12.9. The Morgan fingerprint density at radius 1 is 0.750 bits per heavy atom. The Kier molecular flexibility index (Phi) is 8.99. The highest BCUT2D eigenvalue weighted by molar-refractivity contribution is 7.86. The molecule has 0 atom stereocenters. The number of rotatable bonds is 8. The van der Waals surface area contributed by atoms with E-state index in [1.165, 1.54) is 43.3 Å². The second-order valence-electron chi connectivity index (χ2n) is 11.0. The highest BCUT2D eigenvalue weighted by Gasteiger charge is 2.36. The topological polar surface area (TPSA) is 301 Å². The van der Waals surface area contributed by atoms with E-state index in [0.717, 1.165) is 30.3 Å². The Bertz CT molecular complexity index is 2810. The van der Waals surface area contributed by atoms with E-state index >= 15 is 0 Å². The number of aromatic amines is 1. The molecule has 0 fully saturated rings. The molecule has 0 bridgehead atoms. The van der Waals surface area contributed by atoms with Gasteiger partial charge in [-0.25, -0.2) is 4.99 Å². The van der Waals surface area contributed by atoms with Crippen molar-refractivity contribution in [2.24, 2.45) is 4.99 Å². The lowest BCUT2D eigenvalue weighted by Gasteiger charge is -2.23. The minimum atomic E-state index is -5.05. The Morgan fingerprint density at radius 2 is 1.38 bits per heavy atom. The number of nitrogens with one attached hydrogen (secondary N) is 3. The van der Waals surface area contributed by atoms with E-state index < -0.39 is 68.7 Å². The number of aromatic nitrogens is 3. The number of nitrogen functional groups attached to an aromatic ring is 1. The van der Waals surface area contributed by atoms with Gasteiger partial charge in [0.2, 0.25) is 16.9 Å². The van der Waals surface area contributed by atoms with Gasteiger partial charge in [-0.15, -0.1) is 0 Å². The molecule has 1 aromatic heterocycles. The van der Waals surface area contributed by atoms with Crippen LogP contribution in [0.1, 0.15) is 37.4 Å². The number of nitrogens with zero attached hydrogens (tertiary/aromatic N) is 3. The van der Waals surface area contributed by atoms with Crippen LogP contribution in [-0.2, 0) is 30.4 Å². The molecular weight excluding hydrogens is 766 g/mol. The number of hydrogen-bond acceptors (Lipinski definition) is 14. The number of H-pyrrole nitrogens is 1. The van der Waals surface area contributed by atoms with E-state index in [4.69, 9.17) is 17.3 Å². The summed E-state index contributed by atoms with van der Waals surface area (Å²) in [7, 11) is -14.5. The van der Waals surface area contributed by atoms with Crippen molar-refractivity contribution < 1.29 is 48.5 Å². The van der Waals surface area contributed by atoms with Crippen LogP contribution in [0.5, 0.6) is 0 Å². The summed E-state index contributed by atoms with van der Waals surface area (Å²) >= 11 is 6.13. The molecular formula is C30H22ClN7O11S3. The van der Waals surface area contributed by atoms with Crippen molar-refractivity contribution in [2.45, 2.75) is 21.6 Å². The van der Waals surface area contributed by atoms with Crippen LogP contribution in [-0.4, -0.2) is 65.4 Å². The standard InChI is InChI=1S/C30H22ClN7O11S3/c1-13-10-15(50(41,42)43)7-8-18(13)34-29-36-28(31)37-30(38-29)35-19-11-14(6-9-21(19)51(44,45)46)33-20-12-22(52(47,48)49)25(32)24-23(20)26(39)16-4-2-3-5-17(16)27(24)40/h2-12,33H,32H2,1H3,(H,41,42,43)(H,44,45,46)(H,47,48,49)(H2,34,35,36,37,38). The molecule has 5 aromatic rings. The summed E-state index contributed by atoms with van der Waals surface area (Å²) in [5.74, 6) is -1.71. The molecule has 1 aliphatic carbocycles. The lowest BCUT2D eigenvalue weighted by atomic mass is 9.82. The third kappa shape index (κ3) is 7.01. The van der Waals surface area contributed by atoms with E-state index in [0.29, 0.717) is 5.56 Å². The predicted molar refractivity (Wildman–Crippen MR) is 184 cm³/mol. The summed E-state index contributed by atoms with van der Waals surface area (Å²) in [6.07, 6.45) is 0. The van der Waals surface area contributed by atoms with Gasteiger partial charge >= 0.3 is 0 Å². The molecule has 0 radical (unpaired) electrons. The van der Waals surface area contributed by atoms with E-state index in [2.05, 4.69) is 30.6 Å². The monoisotopic (exact) mass is 787 g/mol. The van der Waals surface area contributed by atoms with E-state index in [-0.39, 0.29) is 55.5 Å². The quantitative estimate of drug-likeness (QED) is 0.0856. The van der Waals surface area contributed by atoms with Gasteiger partial charge in [0, 0.05) is 22.5 Å². The van der Waals surface area contributed by atoms with Gasteiger partial charge in [-0.1, -0.05) is 24.3 Å². The summed E-state index contributed by atoms with van der Waals surface area (Å²) in [5, 5.41) is 5.24. The Morgan fingerprint density at radius 3 is 1.98 bits per heavy atom. The third-order valence-electron chi connectivity index (χ3n) is 7.59. The van der Waals surface area contributed by atoms with Gasteiger partial charge in [-0.05, 0) is 66.6 Å². The van der Waals surface area contributed by atoms with Crippen molar-refractivity contribution in [3.05, 3.63) is 105 Å². The average Bonchev–Trinajstić information content (AvgIpc) is 3.03. The minimum Gasteiger partial charge on any atom is -0.397 e. The van der Waals surface area contributed by atoms with E-state index in [1.807, 2.05) is 0 Å². The zero-order chi connectivity index (χ0) is 37.9. The first-order chi connectivity index (χ1) is 24.2. The van der Waals surface area contributed by atoms with Crippen LogP contribution in [0.25, 0.3) is 0 Å². The van der Waals surface area contributed by atoms with Gasteiger partial charge in [-0.3, -0.25) is 28.2 Å². The Labute approximate surface area is 298 Å². The van der Waals surface area contributed by atoms with Gasteiger partial charge in [-0.2, -0.15) is 35.2 Å². The van der Waals surface area contributed by atoms with E-state index in [9.17, 15) is 48.5 Å². The summed E-state index contributed by atoms with van der Waals surface area (Å²) in [4.78, 5) is 40.0. The maximum atomic E-state index is 13.7. The first-order valence-corrected chi connectivity index (χ1v) is 19.0. The fourth-order valence-corrected chi connectivity index (χ4v) is 7.29. The molecule has 6 rings (SSSR count). The largest absolute Gasteiger partial charge is 0.397 e. The molecule has 8 N–H and O–H groups in total. The number of nitrogens with two attached hydrogens (primary N) is 1. The average molecular weight is 788 g/mol. The zero-order valence-electron chi connectivity index (χ0n) is 26.0. The molecule has 0 unspecified atom stereocenters. The summed E-state index contributed by atoms with van der Waals surface area (Å²) in [6, 6.07) is 13.3. The van der Waals surface area contributed by atoms with Gasteiger partial charge in [0.05, 0.1) is 33.1 Å². The number of anilines is 5. The fraction of sp³-hybridized carbons (Fsp3) is 0.0333. The molecule has 0 spiro atoms. The number of halogens is 1. The van der Waals surface area contributed by atoms with Crippen molar-refractivity contribution in [3.63, 3.8) is 0 Å². The van der Waals surface area contributed by atoms with Crippen molar-refractivity contribution in [3.8, 4) is 0 Å². The molecule has 18 nitrogen and oxygen atoms in total. The van der Waals surface area contributed by atoms with Crippen molar-refractivity contribution >= 4 is 87.9 Å². The number of carbonyl (C=O) groups is 2. The molecule has 1 aliphatic rings. The summed E-state index contributed by atoms with van der Waals surface area (Å²) in [5.41, 5.74) is 3.90. The third-order valence-corrected chi connectivity index (χ3v) is 10.4. The lowest BCUT2D eigenvalue weighted by Crippen LogP contribution is -2.25. The highest BCUT2D eigenvalue weighted by atomic mass is 35.5. The SMILES string of the molecule is Cc1cc(S(=O)(=O)O)ccc1Nc1nc(Cl)[nH]c(=Nc2cc(Nc3cc(S(=O)(=O)O)c(N)c4c3C(=O)c3ccccc3C4=O)ccc2S(=O)(=O)O)n1. The highest BCUT2D eigenvalue weighted by Crippen LogP contribution is 2.40. The summed E-state index contributed by atoms with van der Waals surface area (Å²) in [6.45, 7) is 1.52. The van der Waals surface area contributed by atoms with Crippen molar-refractivity contribution in [1.82, 2.24) is 15.0 Å². The van der Waals surface area contributed by atoms with Crippen LogP contribution in [0.3, 0.4) is 0 Å². The lowest BCUT2D eigenvalue weighted by molar-refractivity contribution is 0.0980. The maximum Gasteiger partial charge on any atom is 0.296 e. The Balaban J connectivity index is 1.47. The van der Waals surface area contributed by atoms with Crippen LogP contribution >= 0.6 is 11.6 Å². The van der Waals surface area contributed by atoms with Gasteiger partial charge < -0.3 is 16.4 Å². The Hall–Kier alpha value is -5.55. The van der Waals surface area contributed by atoms with Crippen molar-refractivity contribution in [2.75, 3.05) is 16.4 Å². The van der Waals surface area contributed by atoms with Gasteiger partial charge in [0.1, 0.15) is 9.79 Å². The number of ketones is 2. The molecule has 0 aliphatic heterocycles. The normalized spacial score (nSPS) is 13.4. The summed E-state index contributed by atoms with van der Waals surface area (Å²) < 4.78 is 102. The molecule has 52 heavy (non-hydrogen) atoms. The van der Waals surface area contributed by atoms with Crippen LogP contribution < -0.4 is 22.0 Å². The molecule has 1 heterocycles. The fourth-order valence-electron chi connectivity index (χ4n) is 5.31. The second-order valence-corrected chi connectivity index (χ2v) is 15.6. The first kappa shape index (κ1) is 36.2. The molecule has 22 heteroatoms. The molecule has 0 saturated carbocycles. The van der Waals surface area contributed by atoms with Crippen LogP contribution in [0, 0.1) is 6.92 Å². The van der Waals surface area contributed by atoms with Gasteiger partial charge in [0.25, 0.3) is 30.4 Å². The molecule has 0 amide bonds.